The maximum Gasteiger partial charge on any atom is 0.266 e. The van der Waals surface area contributed by atoms with Gasteiger partial charge >= 0.3 is 0 Å². The smallest absolute Gasteiger partial charge is 0.266 e. The number of benzene rings is 2. The third-order valence-electron chi connectivity index (χ3n) is 3.97. The van der Waals surface area contributed by atoms with Crippen molar-refractivity contribution in [2.75, 3.05) is 10.7 Å². The Morgan fingerprint density at radius 2 is 1.90 bits per heavy atom. The summed E-state index contributed by atoms with van der Waals surface area (Å²) in [6.45, 7) is 0. The van der Waals surface area contributed by atoms with Crippen molar-refractivity contribution in [3.63, 3.8) is 0 Å². The van der Waals surface area contributed by atoms with Crippen LogP contribution in [0.15, 0.2) is 71.1 Å². The number of hydrogen-bond acceptors (Lipinski definition) is 6. The van der Waals surface area contributed by atoms with Crippen LogP contribution in [0.3, 0.4) is 0 Å². The molecule has 9 heteroatoms. The molecule has 0 unspecified atom stereocenters. The molecule has 2 N–H and O–H groups in total. The van der Waals surface area contributed by atoms with Crippen molar-refractivity contribution >= 4 is 68.1 Å². The number of thiophene rings is 1. The van der Waals surface area contributed by atoms with Gasteiger partial charge in [0.25, 0.3) is 5.91 Å². The van der Waals surface area contributed by atoms with Crippen LogP contribution < -0.4 is 10.7 Å². The third-order valence-corrected chi connectivity index (χ3v) is 6.28. The van der Waals surface area contributed by atoms with Crippen molar-refractivity contribution in [2.24, 2.45) is 5.10 Å². The number of anilines is 2. The van der Waals surface area contributed by atoms with Crippen LogP contribution in [-0.4, -0.2) is 17.1 Å². The Balaban J connectivity index is 1.58. The summed E-state index contributed by atoms with van der Waals surface area (Å²) in [5.74, 6) is -0.172. The van der Waals surface area contributed by atoms with E-state index in [-0.39, 0.29) is 5.91 Å². The van der Waals surface area contributed by atoms with Crippen LogP contribution in [0.25, 0.3) is 11.3 Å². The zero-order valence-electron chi connectivity index (χ0n) is 15.3. The molecular weight excluding hydrogens is 459 g/mol. The number of thiazole rings is 1. The van der Waals surface area contributed by atoms with E-state index in [0.29, 0.717) is 30.7 Å². The molecule has 0 atom stereocenters. The summed E-state index contributed by atoms with van der Waals surface area (Å²) in [5.41, 5.74) is 5.20. The molecule has 0 aliphatic rings. The highest BCUT2D eigenvalue weighted by molar-refractivity contribution is 7.20. The number of carbonyl (C=O) groups is 1. The lowest BCUT2D eigenvalue weighted by Gasteiger charge is -2.03. The summed E-state index contributed by atoms with van der Waals surface area (Å²) in [5, 5.41) is 11.3. The van der Waals surface area contributed by atoms with Crippen molar-refractivity contribution in [2.45, 2.75) is 0 Å². The second-order valence-electron chi connectivity index (χ2n) is 6.03. The van der Waals surface area contributed by atoms with Gasteiger partial charge in [0.1, 0.15) is 10.7 Å². The van der Waals surface area contributed by atoms with Crippen molar-refractivity contribution in [3.05, 3.63) is 86.5 Å². The van der Waals surface area contributed by atoms with Crippen LogP contribution in [0.2, 0.25) is 10.0 Å². The predicted molar refractivity (Wildman–Crippen MR) is 128 cm³/mol. The number of halogens is 2. The zero-order valence-corrected chi connectivity index (χ0v) is 18.4. The largest absolute Gasteiger partial charge is 0.311 e. The Morgan fingerprint density at radius 3 is 2.63 bits per heavy atom. The van der Waals surface area contributed by atoms with Gasteiger partial charge in [0.15, 0.2) is 0 Å². The molecule has 0 radical (unpaired) electrons. The molecule has 0 saturated heterocycles. The lowest BCUT2D eigenvalue weighted by molar-refractivity contribution is 0.103. The maximum absolute atomic E-state index is 12.5. The lowest BCUT2D eigenvalue weighted by atomic mass is 10.2. The van der Waals surface area contributed by atoms with Gasteiger partial charge in [-0.3, -0.25) is 10.2 Å². The highest BCUT2D eigenvalue weighted by Crippen LogP contribution is 2.36. The van der Waals surface area contributed by atoms with Crippen LogP contribution in [0.4, 0.5) is 10.1 Å². The molecule has 2 heterocycles. The van der Waals surface area contributed by atoms with E-state index in [0.717, 1.165) is 11.1 Å². The van der Waals surface area contributed by atoms with Gasteiger partial charge in [-0.15, -0.1) is 11.3 Å². The van der Waals surface area contributed by atoms with Crippen molar-refractivity contribution in [3.8, 4) is 11.3 Å². The second kappa shape index (κ2) is 9.40. The van der Waals surface area contributed by atoms with Gasteiger partial charge in [-0.2, -0.15) is 5.10 Å². The topological polar surface area (TPSA) is 66.4 Å². The molecular formula is C21H14Cl2N4OS2. The van der Waals surface area contributed by atoms with Gasteiger partial charge in [-0.05, 0) is 23.6 Å². The number of rotatable bonds is 6. The fourth-order valence-corrected chi connectivity index (χ4v) is 4.49. The fourth-order valence-electron chi connectivity index (χ4n) is 2.58. The van der Waals surface area contributed by atoms with E-state index >= 15 is 0 Å². The monoisotopic (exact) mass is 472 g/mol. The van der Waals surface area contributed by atoms with Crippen LogP contribution in [0, 0.1) is 0 Å². The van der Waals surface area contributed by atoms with Crippen molar-refractivity contribution in [1.29, 1.82) is 0 Å². The first-order chi connectivity index (χ1) is 14.6. The molecule has 30 heavy (non-hydrogen) atoms. The minimum Gasteiger partial charge on any atom is -0.311 e. The average Bonchev–Trinajstić information content (AvgIpc) is 3.41. The molecule has 0 aliphatic heterocycles. The number of amides is 1. The highest BCUT2D eigenvalue weighted by atomic mass is 35.5. The van der Waals surface area contributed by atoms with E-state index in [2.05, 4.69) is 20.8 Å². The standard InChI is InChI=1S/C21H14Cl2N4OS2/c22-15-9-8-14(16(23)11-15)12-24-27-21-25-18(13-5-2-1-3-6-13)20(30-21)26-19(28)17-7-4-10-29-17/h1-12H,(H,25,27)(H,26,28)/b24-12-. The molecule has 2 aromatic carbocycles. The first-order valence-corrected chi connectivity index (χ1v) is 11.2. The first-order valence-electron chi connectivity index (χ1n) is 8.75. The maximum atomic E-state index is 12.5. The van der Waals surface area contributed by atoms with Crippen LogP contribution in [0.1, 0.15) is 15.2 Å². The van der Waals surface area contributed by atoms with E-state index in [1.54, 1.807) is 30.5 Å². The summed E-state index contributed by atoms with van der Waals surface area (Å²) >= 11 is 14.8. The Labute approximate surface area is 191 Å². The molecule has 0 bridgehead atoms. The predicted octanol–water partition coefficient (Wildman–Crippen LogP) is 6.88. The van der Waals surface area contributed by atoms with Crippen LogP contribution in [0.5, 0.6) is 0 Å². The number of nitrogens with zero attached hydrogens (tertiary/aromatic N) is 2. The van der Waals surface area contributed by atoms with Crippen molar-refractivity contribution in [1.82, 2.24) is 4.98 Å². The third kappa shape index (κ3) is 4.88. The molecule has 5 nitrogen and oxygen atoms in total. The summed E-state index contributed by atoms with van der Waals surface area (Å²) in [6.07, 6.45) is 1.59. The molecule has 4 aromatic rings. The number of aromatic nitrogens is 1. The Kier molecular flexibility index (Phi) is 6.44. The molecule has 1 amide bonds. The highest BCUT2D eigenvalue weighted by Gasteiger charge is 2.16. The minimum absolute atomic E-state index is 0.172. The summed E-state index contributed by atoms with van der Waals surface area (Å²) in [4.78, 5) is 17.8. The van der Waals surface area contributed by atoms with E-state index < -0.39 is 0 Å². The normalized spacial score (nSPS) is 11.0. The van der Waals surface area contributed by atoms with Gasteiger partial charge in [-0.1, -0.05) is 77.0 Å². The summed E-state index contributed by atoms with van der Waals surface area (Å²) < 4.78 is 0. The zero-order chi connectivity index (χ0) is 20.9. The Morgan fingerprint density at radius 1 is 1.07 bits per heavy atom. The molecule has 4 rings (SSSR count). The van der Waals surface area contributed by atoms with Crippen LogP contribution in [-0.2, 0) is 0 Å². The molecule has 0 aliphatic carbocycles. The number of hydrazone groups is 1. The molecule has 150 valence electrons. The van der Waals surface area contributed by atoms with E-state index in [1.807, 2.05) is 41.8 Å². The summed E-state index contributed by atoms with van der Waals surface area (Å²) in [6, 6.07) is 18.5. The Hall–Kier alpha value is -2.71. The first kappa shape index (κ1) is 20.6. The number of hydrogen-bond donors (Lipinski definition) is 2. The lowest BCUT2D eigenvalue weighted by Crippen LogP contribution is -2.09. The van der Waals surface area contributed by atoms with Gasteiger partial charge in [-0.25, -0.2) is 4.98 Å². The van der Waals surface area contributed by atoms with Crippen molar-refractivity contribution < 1.29 is 4.79 Å². The molecule has 2 aromatic heterocycles. The number of carbonyl (C=O) groups excluding carboxylic acids is 1. The average molecular weight is 473 g/mol. The fraction of sp³-hybridized carbons (Fsp3) is 0. The molecule has 0 saturated carbocycles. The van der Waals surface area contributed by atoms with Gasteiger partial charge in [0.05, 0.1) is 16.1 Å². The van der Waals surface area contributed by atoms with Crippen LogP contribution >= 0.6 is 45.9 Å². The molecule has 0 fully saturated rings. The minimum atomic E-state index is -0.172. The summed E-state index contributed by atoms with van der Waals surface area (Å²) in [7, 11) is 0. The second-order valence-corrected chi connectivity index (χ2v) is 8.82. The molecule has 0 spiro atoms. The number of nitrogens with one attached hydrogen (secondary N) is 2. The van der Waals surface area contributed by atoms with E-state index in [9.17, 15) is 4.79 Å². The SMILES string of the molecule is O=C(Nc1sc(N/N=C\c2ccc(Cl)cc2Cl)nc1-c1ccccc1)c1cccs1. The Bertz CT molecular complexity index is 1190. The van der Waals surface area contributed by atoms with E-state index in [1.165, 1.54) is 22.7 Å². The van der Waals surface area contributed by atoms with Gasteiger partial charge in [0.2, 0.25) is 5.13 Å². The van der Waals surface area contributed by atoms with Gasteiger partial charge < -0.3 is 5.32 Å². The quantitative estimate of drug-likeness (QED) is 0.237. The van der Waals surface area contributed by atoms with E-state index in [4.69, 9.17) is 23.2 Å². The van der Waals surface area contributed by atoms with Gasteiger partial charge in [0, 0.05) is 16.1 Å².